The minimum absolute atomic E-state index is 0.0666. The number of hydrogen-bond donors (Lipinski definition) is 1. The van der Waals surface area contributed by atoms with Gasteiger partial charge in [0.25, 0.3) is 5.91 Å². The van der Waals surface area contributed by atoms with E-state index in [1.54, 1.807) is 6.08 Å². The summed E-state index contributed by atoms with van der Waals surface area (Å²) >= 11 is 3.41. The van der Waals surface area contributed by atoms with Gasteiger partial charge in [-0.15, -0.1) is 0 Å². The Kier molecular flexibility index (Phi) is 6.77. The van der Waals surface area contributed by atoms with Crippen LogP contribution in [0.3, 0.4) is 0 Å². The van der Waals surface area contributed by atoms with Gasteiger partial charge in [0.2, 0.25) is 0 Å². The Morgan fingerprint density at radius 1 is 1.21 bits per heavy atom. The number of anilines is 1. The number of rotatable bonds is 6. The summed E-state index contributed by atoms with van der Waals surface area (Å²) in [5, 5.41) is 12.0. The molecule has 0 aliphatic rings. The molecule has 2 aromatic carbocycles. The van der Waals surface area contributed by atoms with Crippen LogP contribution in [0.4, 0.5) is 5.69 Å². The van der Waals surface area contributed by atoms with Gasteiger partial charge in [0.05, 0.1) is 0 Å². The zero-order valence-corrected chi connectivity index (χ0v) is 15.1. The number of carbonyl (C=O) groups excluding carboxylic acids is 1. The lowest BCUT2D eigenvalue weighted by Crippen LogP contribution is -2.13. The number of carbonyl (C=O) groups is 1. The van der Waals surface area contributed by atoms with Gasteiger partial charge < -0.3 is 5.32 Å². The van der Waals surface area contributed by atoms with E-state index < -0.39 is 5.91 Å². The second-order valence-corrected chi connectivity index (χ2v) is 6.30. The van der Waals surface area contributed by atoms with E-state index in [9.17, 15) is 10.1 Å². The second-order valence-electron chi connectivity index (χ2n) is 5.45. The van der Waals surface area contributed by atoms with E-state index >= 15 is 0 Å². The number of aryl methyl sites for hydroxylation is 1. The highest BCUT2D eigenvalue weighted by Gasteiger charge is 2.10. The third-order valence-electron chi connectivity index (χ3n) is 3.60. The number of nitriles is 1. The van der Waals surface area contributed by atoms with Gasteiger partial charge in [0.1, 0.15) is 11.6 Å². The molecule has 0 bridgehead atoms. The summed E-state index contributed by atoms with van der Waals surface area (Å²) < 4.78 is 0.839. The number of benzene rings is 2. The van der Waals surface area contributed by atoms with Crippen LogP contribution in [0, 0.1) is 11.3 Å². The smallest absolute Gasteiger partial charge is 0.266 e. The third kappa shape index (κ3) is 5.07. The molecule has 122 valence electrons. The van der Waals surface area contributed by atoms with E-state index in [1.807, 2.05) is 54.6 Å². The van der Waals surface area contributed by atoms with Crippen molar-refractivity contribution in [2.75, 3.05) is 5.32 Å². The predicted molar refractivity (Wildman–Crippen MR) is 101 cm³/mol. The molecular formula is C20H19BrN2O. The lowest BCUT2D eigenvalue weighted by atomic mass is 10.1. The van der Waals surface area contributed by atoms with Crippen LogP contribution in [0.1, 0.15) is 30.9 Å². The maximum atomic E-state index is 12.3. The third-order valence-corrected chi connectivity index (χ3v) is 4.32. The molecule has 1 N–H and O–H groups in total. The lowest BCUT2D eigenvalue weighted by Gasteiger charge is -2.06. The maximum absolute atomic E-state index is 12.3. The fourth-order valence-corrected chi connectivity index (χ4v) is 2.63. The fourth-order valence-electron chi connectivity index (χ4n) is 2.23. The first-order chi connectivity index (χ1) is 11.6. The van der Waals surface area contributed by atoms with Crippen LogP contribution in [-0.4, -0.2) is 5.91 Å². The van der Waals surface area contributed by atoms with Crippen molar-refractivity contribution in [2.45, 2.75) is 26.2 Å². The SMILES string of the molecule is CCCCc1ccc(NC(=O)C(C#N)=Cc2ccccc2Br)cc1. The molecule has 2 aromatic rings. The summed E-state index contributed by atoms with van der Waals surface area (Å²) in [6.07, 6.45) is 4.92. The number of halogens is 1. The molecule has 4 heteroatoms. The summed E-state index contributed by atoms with van der Waals surface area (Å²) in [6, 6.07) is 17.2. The molecule has 3 nitrogen and oxygen atoms in total. The number of hydrogen-bond acceptors (Lipinski definition) is 2. The van der Waals surface area contributed by atoms with Crippen molar-refractivity contribution >= 4 is 33.6 Å². The van der Waals surface area contributed by atoms with Crippen molar-refractivity contribution < 1.29 is 4.79 Å². The zero-order valence-electron chi connectivity index (χ0n) is 13.6. The molecular weight excluding hydrogens is 364 g/mol. The number of nitrogens with zero attached hydrogens (tertiary/aromatic N) is 1. The quantitative estimate of drug-likeness (QED) is 0.541. The van der Waals surface area contributed by atoms with Crippen molar-refractivity contribution in [3.63, 3.8) is 0 Å². The average molecular weight is 383 g/mol. The normalized spacial score (nSPS) is 11.0. The van der Waals surface area contributed by atoms with E-state index in [2.05, 4.69) is 28.2 Å². The molecule has 0 aliphatic heterocycles. The summed E-state index contributed by atoms with van der Waals surface area (Å²) in [5.74, 6) is -0.408. The maximum Gasteiger partial charge on any atom is 0.266 e. The van der Waals surface area contributed by atoms with Gasteiger partial charge in [-0.2, -0.15) is 5.26 Å². The van der Waals surface area contributed by atoms with E-state index in [4.69, 9.17) is 0 Å². The van der Waals surface area contributed by atoms with Gasteiger partial charge >= 0.3 is 0 Å². The Bertz CT molecular complexity index is 773. The van der Waals surface area contributed by atoms with Gasteiger partial charge in [0, 0.05) is 10.2 Å². The average Bonchev–Trinajstić information content (AvgIpc) is 2.60. The molecule has 0 unspecified atom stereocenters. The van der Waals surface area contributed by atoms with Gasteiger partial charge in [-0.3, -0.25) is 4.79 Å². The van der Waals surface area contributed by atoms with Crippen LogP contribution < -0.4 is 5.32 Å². The minimum atomic E-state index is -0.408. The topological polar surface area (TPSA) is 52.9 Å². The highest BCUT2D eigenvalue weighted by molar-refractivity contribution is 9.10. The van der Waals surface area contributed by atoms with Crippen LogP contribution in [0.5, 0.6) is 0 Å². The zero-order chi connectivity index (χ0) is 17.4. The van der Waals surface area contributed by atoms with E-state index in [1.165, 1.54) is 5.56 Å². The predicted octanol–water partition coefficient (Wildman–Crippen LogP) is 5.34. The minimum Gasteiger partial charge on any atom is -0.321 e. The van der Waals surface area contributed by atoms with Crippen LogP contribution in [0.2, 0.25) is 0 Å². The summed E-state index contributed by atoms with van der Waals surface area (Å²) in [4.78, 5) is 12.3. The Morgan fingerprint density at radius 2 is 1.92 bits per heavy atom. The molecule has 0 saturated heterocycles. The lowest BCUT2D eigenvalue weighted by molar-refractivity contribution is -0.112. The van der Waals surface area contributed by atoms with Crippen molar-refractivity contribution in [3.8, 4) is 6.07 Å². The van der Waals surface area contributed by atoms with Crippen molar-refractivity contribution in [1.82, 2.24) is 0 Å². The van der Waals surface area contributed by atoms with Gasteiger partial charge in [0.15, 0.2) is 0 Å². The summed E-state index contributed by atoms with van der Waals surface area (Å²) in [7, 11) is 0. The second kappa shape index (κ2) is 9.05. The summed E-state index contributed by atoms with van der Waals surface area (Å²) in [5.41, 5.74) is 2.80. The fraction of sp³-hybridized carbons (Fsp3) is 0.200. The number of nitrogens with one attached hydrogen (secondary N) is 1. The van der Waals surface area contributed by atoms with Crippen LogP contribution in [0.25, 0.3) is 6.08 Å². The molecule has 0 fully saturated rings. The first-order valence-corrected chi connectivity index (χ1v) is 8.70. The number of unbranched alkanes of at least 4 members (excludes halogenated alkanes) is 1. The van der Waals surface area contributed by atoms with E-state index in [0.29, 0.717) is 5.69 Å². The van der Waals surface area contributed by atoms with Gasteiger partial charge in [-0.25, -0.2) is 0 Å². The molecule has 0 radical (unpaired) electrons. The van der Waals surface area contributed by atoms with E-state index in [0.717, 1.165) is 29.3 Å². The van der Waals surface area contributed by atoms with Crippen molar-refractivity contribution in [2.24, 2.45) is 0 Å². The van der Waals surface area contributed by atoms with Crippen molar-refractivity contribution in [1.29, 1.82) is 5.26 Å². The highest BCUT2D eigenvalue weighted by atomic mass is 79.9. The van der Waals surface area contributed by atoms with Gasteiger partial charge in [-0.1, -0.05) is 59.6 Å². The van der Waals surface area contributed by atoms with Gasteiger partial charge in [-0.05, 0) is 48.2 Å². The highest BCUT2D eigenvalue weighted by Crippen LogP contribution is 2.19. The molecule has 0 saturated carbocycles. The Hall–Kier alpha value is -2.38. The van der Waals surface area contributed by atoms with E-state index in [-0.39, 0.29) is 5.57 Å². The first kappa shape index (κ1) is 18.0. The first-order valence-electron chi connectivity index (χ1n) is 7.90. The van der Waals surface area contributed by atoms with Crippen LogP contribution >= 0.6 is 15.9 Å². The summed E-state index contributed by atoms with van der Waals surface area (Å²) in [6.45, 7) is 2.16. The Balaban J connectivity index is 2.10. The molecule has 24 heavy (non-hydrogen) atoms. The molecule has 1 amide bonds. The van der Waals surface area contributed by atoms with Crippen LogP contribution in [0.15, 0.2) is 58.6 Å². The number of amides is 1. The van der Waals surface area contributed by atoms with Crippen LogP contribution in [-0.2, 0) is 11.2 Å². The molecule has 0 aliphatic carbocycles. The molecule has 0 spiro atoms. The molecule has 0 aromatic heterocycles. The van der Waals surface area contributed by atoms with Crippen molar-refractivity contribution in [3.05, 3.63) is 69.7 Å². The Morgan fingerprint density at radius 3 is 2.54 bits per heavy atom. The monoisotopic (exact) mass is 382 g/mol. The molecule has 0 atom stereocenters. The molecule has 2 rings (SSSR count). The molecule has 0 heterocycles. The Labute approximate surface area is 151 Å². The largest absolute Gasteiger partial charge is 0.321 e. The standard InChI is InChI=1S/C20H19BrN2O/c1-2-3-6-15-9-11-18(12-10-15)23-20(24)17(14-22)13-16-7-4-5-8-19(16)21/h4-5,7-13H,2-3,6H2,1H3,(H,23,24).